The Balaban J connectivity index is 1.94. The Kier molecular flexibility index (Phi) is 4.12. The first-order valence-corrected chi connectivity index (χ1v) is 7.30. The molecule has 7 nitrogen and oxygen atoms in total. The number of rotatable bonds is 4. The molecule has 0 atom stereocenters. The molecule has 3 rings (SSSR count). The van der Waals surface area contributed by atoms with E-state index in [0.717, 1.165) is 11.3 Å². The molecule has 0 saturated heterocycles. The lowest BCUT2D eigenvalue weighted by atomic mass is 10.1. The van der Waals surface area contributed by atoms with Gasteiger partial charge in [-0.15, -0.1) is 0 Å². The van der Waals surface area contributed by atoms with Crippen LogP contribution in [-0.2, 0) is 6.42 Å². The quantitative estimate of drug-likeness (QED) is 0.763. The summed E-state index contributed by atoms with van der Waals surface area (Å²) >= 11 is 0. The van der Waals surface area contributed by atoms with E-state index in [-0.39, 0.29) is 5.56 Å². The molecule has 24 heavy (non-hydrogen) atoms. The predicted molar refractivity (Wildman–Crippen MR) is 87.7 cm³/mol. The Hall–Kier alpha value is -3.40. The van der Waals surface area contributed by atoms with Gasteiger partial charge in [0.25, 0.3) is 5.56 Å². The number of aryl methyl sites for hydroxylation is 1. The highest BCUT2D eigenvalue weighted by molar-refractivity contribution is 5.59. The number of nitrogens with zero attached hydrogens (tertiary/aromatic N) is 3. The molecular formula is C17H15N5O2. The summed E-state index contributed by atoms with van der Waals surface area (Å²) in [6.45, 7) is 1.74. The smallest absolute Gasteiger partial charge is 0.266 e. The normalized spacial score (nSPS) is 10.4. The maximum Gasteiger partial charge on any atom is 0.266 e. The zero-order chi connectivity index (χ0) is 17.1. The number of aromatic nitrogens is 4. The van der Waals surface area contributed by atoms with Crippen LogP contribution in [0.3, 0.4) is 0 Å². The fourth-order valence-electron chi connectivity index (χ4n) is 2.46. The maximum absolute atomic E-state index is 11.6. The highest BCUT2D eigenvalue weighted by Gasteiger charge is 2.13. The van der Waals surface area contributed by atoms with Crippen molar-refractivity contribution in [1.82, 2.24) is 20.2 Å². The predicted octanol–water partition coefficient (Wildman–Crippen LogP) is 1.94. The fourth-order valence-corrected chi connectivity index (χ4v) is 2.46. The van der Waals surface area contributed by atoms with Gasteiger partial charge in [0.2, 0.25) is 0 Å². The van der Waals surface area contributed by atoms with Crippen molar-refractivity contribution < 1.29 is 4.74 Å². The zero-order valence-electron chi connectivity index (χ0n) is 13.3. The SMILES string of the molecule is COc1ccccc1Cc1nc(-c2cc(C#N)c(=O)[nH]c2C)n[nH]1. The van der Waals surface area contributed by atoms with Gasteiger partial charge in [-0.3, -0.25) is 9.89 Å². The van der Waals surface area contributed by atoms with Gasteiger partial charge >= 0.3 is 0 Å². The van der Waals surface area contributed by atoms with Crippen molar-refractivity contribution in [2.45, 2.75) is 13.3 Å². The van der Waals surface area contributed by atoms with E-state index in [9.17, 15) is 4.79 Å². The molecule has 120 valence electrons. The lowest BCUT2D eigenvalue weighted by molar-refractivity contribution is 0.410. The maximum atomic E-state index is 11.6. The molecule has 0 bridgehead atoms. The van der Waals surface area contributed by atoms with E-state index < -0.39 is 5.56 Å². The van der Waals surface area contributed by atoms with E-state index in [4.69, 9.17) is 10.00 Å². The monoisotopic (exact) mass is 321 g/mol. The first kappa shape index (κ1) is 15.5. The van der Waals surface area contributed by atoms with Crippen molar-refractivity contribution in [3.63, 3.8) is 0 Å². The van der Waals surface area contributed by atoms with Crippen LogP contribution in [0.25, 0.3) is 11.4 Å². The van der Waals surface area contributed by atoms with Crippen LogP contribution in [0.2, 0.25) is 0 Å². The summed E-state index contributed by atoms with van der Waals surface area (Å²) < 4.78 is 5.33. The number of methoxy groups -OCH3 is 1. The summed E-state index contributed by atoms with van der Waals surface area (Å²) in [7, 11) is 1.62. The van der Waals surface area contributed by atoms with Gasteiger partial charge in [0.1, 0.15) is 23.2 Å². The van der Waals surface area contributed by atoms with Crippen LogP contribution in [0.1, 0.15) is 22.6 Å². The van der Waals surface area contributed by atoms with Gasteiger partial charge in [0.15, 0.2) is 5.82 Å². The van der Waals surface area contributed by atoms with Crippen molar-refractivity contribution in [2.24, 2.45) is 0 Å². The van der Waals surface area contributed by atoms with E-state index in [2.05, 4.69) is 20.2 Å². The highest BCUT2D eigenvalue weighted by atomic mass is 16.5. The van der Waals surface area contributed by atoms with Gasteiger partial charge in [-0.25, -0.2) is 4.98 Å². The van der Waals surface area contributed by atoms with E-state index in [0.29, 0.717) is 29.3 Å². The van der Waals surface area contributed by atoms with E-state index in [1.54, 1.807) is 14.0 Å². The molecule has 0 aliphatic heterocycles. The first-order valence-electron chi connectivity index (χ1n) is 7.30. The number of aromatic amines is 2. The van der Waals surface area contributed by atoms with Gasteiger partial charge in [-0.2, -0.15) is 10.4 Å². The summed E-state index contributed by atoms with van der Waals surface area (Å²) in [5, 5.41) is 16.1. The largest absolute Gasteiger partial charge is 0.496 e. The molecule has 0 aliphatic rings. The summed E-state index contributed by atoms with van der Waals surface area (Å²) in [5.41, 5.74) is 1.84. The number of ether oxygens (including phenoxy) is 1. The number of hydrogen-bond acceptors (Lipinski definition) is 5. The molecule has 0 amide bonds. The summed E-state index contributed by atoms with van der Waals surface area (Å²) in [6, 6.07) is 11.1. The van der Waals surface area contributed by atoms with Gasteiger partial charge in [-0.05, 0) is 19.1 Å². The Morgan fingerprint density at radius 1 is 1.33 bits per heavy atom. The van der Waals surface area contributed by atoms with E-state index in [1.807, 2.05) is 30.3 Å². The van der Waals surface area contributed by atoms with Crippen molar-refractivity contribution in [3.05, 3.63) is 63.3 Å². The first-order chi connectivity index (χ1) is 11.6. The second kappa shape index (κ2) is 6.38. The lowest BCUT2D eigenvalue weighted by Crippen LogP contribution is -2.12. The third kappa shape index (κ3) is 2.90. The number of nitrogens with one attached hydrogen (secondary N) is 2. The number of H-pyrrole nitrogens is 2. The molecular weight excluding hydrogens is 306 g/mol. The Bertz CT molecular complexity index is 981. The zero-order valence-corrected chi connectivity index (χ0v) is 13.3. The molecule has 0 aliphatic carbocycles. The molecule has 0 spiro atoms. The third-order valence-electron chi connectivity index (χ3n) is 3.68. The van der Waals surface area contributed by atoms with Crippen LogP contribution >= 0.6 is 0 Å². The number of nitriles is 1. The van der Waals surface area contributed by atoms with E-state index in [1.165, 1.54) is 6.07 Å². The molecule has 0 unspecified atom stereocenters. The molecule has 0 fully saturated rings. The van der Waals surface area contributed by atoms with Crippen molar-refractivity contribution in [2.75, 3.05) is 7.11 Å². The second-order valence-corrected chi connectivity index (χ2v) is 5.26. The Labute approximate surface area is 138 Å². The molecule has 2 heterocycles. The van der Waals surface area contributed by atoms with Crippen molar-refractivity contribution in [3.8, 4) is 23.2 Å². The molecule has 1 aromatic carbocycles. The van der Waals surface area contributed by atoms with Crippen molar-refractivity contribution in [1.29, 1.82) is 5.26 Å². The summed E-state index contributed by atoms with van der Waals surface area (Å²) in [6.07, 6.45) is 0.532. The average Bonchev–Trinajstić information content (AvgIpc) is 3.04. The van der Waals surface area contributed by atoms with Gasteiger partial charge in [0.05, 0.1) is 7.11 Å². The van der Waals surface area contributed by atoms with Crippen LogP contribution in [-0.4, -0.2) is 27.3 Å². The molecule has 7 heteroatoms. The molecule has 2 N–H and O–H groups in total. The second-order valence-electron chi connectivity index (χ2n) is 5.26. The molecule has 3 aromatic rings. The van der Waals surface area contributed by atoms with Crippen LogP contribution < -0.4 is 10.3 Å². The minimum Gasteiger partial charge on any atom is -0.496 e. The summed E-state index contributed by atoms with van der Waals surface area (Å²) in [4.78, 5) is 18.7. The minimum atomic E-state index is -0.413. The van der Waals surface area contributed by atoms with Crippen LogP contribution in [0.4, 0.5) is 0 Å². The summed E-state index contributed by atoms with van der Waals surface area (Å²) in [5.74, 6) is 1.88. The highest BCUT2D eigenvalue weighted by Crippen LogP contribution is 2.22. The van der Waals surface area contributed by atoms with E-state index >= 15 is 0 Å². The fraction of sp³-hybridized carbons (Fsp3) is 0.176. The Morgan fingerprint density at radius 3 is 2.88 bits per heavy atom. The standard InChI is InChI=1S/C17H15N5O2/c1-10-13(7-12(9-18)17(23)19-10)16-20-15(21-22-16)8-11-5-3-4-6-14(11)24-2/h3-7H,8H2,1-2H3,(H,19,23)(H,20,21,22). The van der Waals surface area contributed by atoms with Crippen molar-refractivity contribution >= 4 is 0 Å². The minimum absolute atomic E-state index is 0.0340. The molecule has 2 aromatic heterocycles. The third-order valence-corrected chi connectivity index (χ3v) is 3.68. The van der Waals surface area contributed by atoms with Crippen LogP contribution in [0.5, 0.6) is 5.75 Å². The molecule has 0 radical (unpaired) electrons. The number of hydrogen-bond donors (Lipinski definition) is 2. The average molecular weight is 321 g/mol. The van der Waals surface area contributed by atoms with Gasteiger partial charge in [0, 0.05) is 23.2 Å². The number of pyridine rings is 1. The van der Waals surface area contributed by atoms with Crippen LogP contribution in [0, 0.1) is 18.3 Å². The topological polar surface area (TPSA) is 107 Å². The Morgan fingerprint density at radius 2 is 2.12 bits per heavy atom. The van der Waals surface area contributed by atoms with Crippen LogP contribution in [0.15, 0.2) is 35.1 Å². The number of para-hydroxylation sites is 1. The number of benzene rings is 1. The van der Waals surface area contributed by atoms with Gasteiger partial charge in [-0.1, -0.05) is 18.2 Å². The lowest BCUT2D eigenvalue weighted by Gasteiger charge is -2.05. The van der Waals surface area contributed by atoms with Gasteiger partial charge < -0.3 is 9.72 Å². The molecule has 0 saturated carbocycles.